The van der Waals surface area contributed by atoms with Crippen molar-refractivity contribution in [3.05, 3.63) is 52.4 Å². The van der Waals surface area contributed by atoms with E-state index in [1.807, 2.05) is 0 Å². The quantitative estimate of drug-likeness (QED) is 0.261. The molecule has 1 aromatic carbocycles. The topological polar surface area (TPSA) is 26.3 Å². The Hall–Kier alpha value is -2.32. The minimum Gasteiger partial charge on any atom is -0.462 e. The number of carbonyl (C=O) groups is 1. The number of hydrogen-bond acceptors (Lipinski definition) is 2. The first-order valence-electron chi connectivity index (χ1n) is 6.48. The Labute approximate surface area is 131 Å². The van der Waals surface area contributed by atoms with E-state index in [-0.39, 0.29) is 5.57 Å². The Balaban J connectivity index is 2.47. The van der Waals surface area contributed by atoms with Gasteiger partial charge < -0.3 is 4.74 Å². The fraction of sp³-hybridized carbons (Fsp3) is 0.267. The Morgan fingerprint density at radius 1 is 1.04 bits per heavy atom. The van der Waals surface area contributed by atoms with E-state index in [2.05, 4.69) is 11.3 Å². The summed E-state index contributed by atoms with van der Waals surface area (Å²) in [5.41, 5.74) is -4.45. The van der Waals surface area contributed by atoms with Crippen LogP contribution in [0.15, 0.2) is 18.0 Å². The highest BCUT2D eigenvalue weighted by Crippen LogP contribution is 2.53. The molecule has 0 spiro atoms. The Morgan fingerprint density at radius 3 is 2.12 bits per heavy atom. The zero-order valence-electron chi connectivity index (χ0n) is 12.1. The molecule has 0 bridgehead atoms. The number of allylic oxidation sites excluding steroid dienone is 1. The molecule has 1 aliphatic carbocycles. The molecule has 2 rings (SSSR count). The number of alkyl halides is 2. The number of carbonyl (C=O) groups excluding carboxylic acids is 1. The Kier molecular flexibility index (Phi) is 4.47. The number of benzene rings is 1. The minimum absolute atomic E-state index is 0.0352. The van der Waals surface area contributed by atoms with Gasteiger partial charge in [-0.25, -0.2) is 26.7 Å². The molecule has 0 saturated heterocycles. The Bertz CT molecular complexity index is 781. The zero-order chi connectivity index (χ0) is 18.4. The van der Waals surface area contributed by atoms with Gasteiger partial charge in [0.2, 0.25) is 0 Å². The average molecular weight is 354 g/mol. The second-order valence-corrected chi connectivity index (χ2v) is 5.04. The highest BCUT2D eigenvalue weighted by atomic mass is 19.3. The maximum Gasteiger partial charge on any atom is 0.333 e. The van der Waals surface area contributed by atoms with Crippen LogP contribution in [0.1, 0.15) is 24.5 Å². The summed E-state index contributed by atoms with van der Waals surface area (Å²) < 4.78 is 99.8. The van der Waals surface area contributed by atoms with Crippen molar-refractivity contribution in [1.29, 1.82) is 0 Å². The van der Waals surface area contributed by atoms with Crippen molar-refractivity contribution in [2.24, 2.45) is 0 Å². The van der Waals surface area contributed by atoms with E-state index in [0.717, 1.165) is 0 Å². The van der Waals surface area contributed by atoms with Crippen molar-refractivity contribution < 1.29 is 40.3 Å². The van der Waals surface area contributed by atoms with Gasteiger partial charge in [0, 0.05) is 23.1 Å². The number of halogens is 7. The molecule has 0 N–H and O–H groups in total. The van der Waals surface area contributed by atoms with Crippen molar-refractivity contribution in [3.8, 4) is 0 Å². The van der Waals surface area contributed by atoms with Gasteiger partial charge in [-0.05, 0) is 6.92 Å². The lowest BCUT2D eigenvalue weighted by Crippen LogP contribution is -2.16. The van der Waals surface area contributed by atoms with Crippen LogP contribution in [0.25, 0.3) is 5.57 Å². The summed E-state index contributed by atoms with van der Waals surface area (Å²) in [6, 6.07) is 0. The lowest BCUT2D eigenvalue weighted by Gasteiger charge is -2.13. The number of ether oxygens (including phenoxy) is 1. The van der Waals surface area contributed by atoms with Gasteiger partial charge in [-0.15, -0.1) is 0 Å². The first-order valence-corrected chi connectivity index (χ1v) is 6.48. The van der Waals surface area contributed by atoms with E-state index < -0.39 is 70.7 Å². The summed E-state index contributed by atoms with van der Waals surface area (Å²) in [6.45, 7) is 3.85. The lowest BCUT2D eigenvalue weighted by molar-refractivity contribution is -0.138. The van der Waals surface area contributed by atoms with Gasteiger partial charge >= 0.3 is 11.9 Å². The van der Waals surface area contributed by atoms with Gasteiger partial charge in [-0.1, -0.05) is 6.58 Å². The largest absolute Gasteiger partial charge is 0.462 e. The van der Waals surface area contributed by atoms with Crippen LogP contribution < -0.4 is 0 Å². The van der Waals surface area contributed by atoms with Crippen LogP contribution in [0, 0.1) is 23.3 Å². The molecule has 24 heavy (non-hydrogen) atoms. The SMILES string of the molecule is C=C(C)C(=O)OCCC1=C(F)C(F)(F)c2c(F)c(F)c(F)c(F)c21. The predicted octanol–water partition coefficient (Wildman–Crippen LogP) is 4.54. The van der Waals surface area contributed by atoms with E-state index in [9.17, 15) is 35.5 Å². The maximum absolute atomic E-state index is 13.9. The summed E-state index contributed by atoms with van der Waals surface area (Å²) >= 11 is 0. The van der Waals surface area contributed by atoms with Crippen LogP contribution in [-0.4, -0.2) is 12.6 Å². The molecule has 0 aromatic heterocycles. The smallest absolute Gasteiger partial charge is 0.333 e. The number of fused-ring (bicyclic) bond motifs is 1. The second kappa shape index (κ2) is 5.95. The lowest BCUT2D eigenvalue weighted by atomic mass is 10.0. The van der Waals surface area contributed by atoms with Crippen LogP contribution in [0.3, 0.4) is 0 Å². The van der Waals surface area contributed by atoms with Crippen molar-refractivity contribution in [1.82, 2.24) is 0 Å². The highest BCUT2D eigenvalue weighted by molar-refractivity contribution is 5.87. The van der Waals surface area contributed by atoms with Crippen LogP contribution in [0.2, 0.25) is 0 Å². The van der Waals surface area contributed by atoms with E-state index in [1.54, 1.807) is 0 Å². The van der Waals surface area contributed by atoms with E-state index >= 15 is 0 Å². The number of hydrogen-bond donors (Lipinski definition) is 0. The van der Waals surface area contributed by atoms with Crippen molar-refractivity contribution >= 4 is 11.5 Å². The molecule has 0 saturated carbocycles. The number of esters is 1. The third-order valence-corrected chi connectivity index (χ3v) is 3.36. The van der Waals surface area contributed by atoms with Crippen molar-refractivity contribution in [2.75, 3.05) is 6.61 Å². The molecule has 0 fully saturated rings. The molecule has 0 heterocycles. The van der Waals surface area contributed by atoms with Crippen molar-refractivity contribution in [3.63, 3.8) is 0 Å². The summed E-state index contributed by atoms with van der Waals surface area (Å²) in [5.74, 6) is -17.2. The molecule has 0 radical (unpaired) electrons. The molecule has 0 aliphatic heterocycles. The highest BCUT2D eigenvalue weighted by Gasteiger charge is 2.52. The number of rotatable bonds is 4. The Morgan fingerprint density at radius 2 is 1.58 bits per heavy atom. The van der Waals surface area contributed by atoms with Gasteiger partial charge in [-0.2, -0.15) is 8.78 Å². The third-order valence-electron chi connectivity index (χ3n) is 3.36. The summed E-state index contributed by atoms with van der Waals surface area (Å²) in [4.78, 5) is 11.2. The molecule has 1 aromatic rings. The first-order chi connectivity index (χ1) is 11.0. The minimum atomic E-state index is -4.66. The average Bonchev–Trinajstić information content (AvgIpc) is 2.71. The summed E-state index contributed by atoms with van der Waals surface area (Å²) in [7, 11) is 0. The summed E-state index contributed by atoms with van der Waals surface area (Å²) in [6.07, 6.45) is -0.797. The molecule has 0 atom stereocenters. The maximum atomic E-state index is 13.9. The third kappa shape index (κ3) is 2.57. The molecule has 130 valence electrons. The fourth-order valence-electron chi connectivity index (χ4n) is 2.22. The van der Waals surface area contributed by atoms with E-state index in [0.29, 0.717) is 0 Å². The second-order valence-electron chi connectivity index (χ2n) is 5.04. The normalized spacial score (nSPS) is 15.5. The fourth-order valence-corrected chi connectivity index (χ4v) is 2.22. The van der Waals surface area contributed by atoms with Crippen LogP contribution >= 0.6 is 0 Å². The monoisotopic (exact) mass is 354 g/mol. The zero-order valence-corrected chi connectivity index (χ0v) is 12.1. The van der Waals surface area contributed by atoms with Crippen molar-refractivity contribution in [2.45, 2.75) is 19.3 Å². The van der Waals surface area contributed by atoms with E-state index in [4.69, 9.17) is 0 Å². The van der Waals surface area contributed by atoms with Gasteiger partial charge in [-0.3, -0.25) is 0 Å². The molecule has 2 nitrogen and oxygen atoms in total. The van der Waals surface area contributed by atoms with Gasteiger partial charge in [0.15, 0.2) is 29.1 Å². The molecule has 0 unspecified atom stereocenters. The first kappa shape index (κ1) is 18.0. The molecule has 9 heteroatoms. The van der Waals surface area contributed by atoms with Crippen LogP contribution in [0.4, 0.5) is 30.7 Å². The molecular weight excluding hydrogens is 345 g/mol. The van der Waals surface area contributed by atoms with Gasteiger partial charge in [0.1, 0.15) is 0 Å². The molecular formula is C15H9F7O2. The molecule has 0 amide bonds. The van der Waals surface area contributed by atoms with Crippen LogP contribution in [-0.2, 0) is 15.5 Å². The molecule has 1 aliphatic rings. The standard InChI is InChI=1S/C15H9F7O2/c1-5(2)14(23)24-4-3-6-7-8(15(21,22)13(6)20)10(17)12(19)11(18)9(7)16/h1,3-4H2,2H3. The van der Waals surface area contributed by atoms with Gasteiger partial charge in [0.25, 0.3) is 0 Å². The summed E-state index contributed by atoms with van der Waals surface area (Å²) in [5, 5.41) is 0. The van der Waals surface area contributed by atoms with E-state index in [1.165, 1.54) is 6.92 Å². The van der Waals surface area contributed by atoms with Crippen LogP contribution in [0.5, 0.6) is 0 Å². The predicted molar refractivity (Wildman–Crippen MR) is 68.6 cm³/mol. The van der Waals surface area contributed by atoms with Gasteiger partial charge in [0.05, 0.1) is 12.2 Å².